The Labute approximate surface area is 214 Å². The number of rotatable bonds is 7. The number of nitrogens with zero attached hydrogens (tertiary/aromatic N) is 3. The highest BCUT2D eigenvalue weighted by atomic mass is 19.1. The Balaban J connectivity index is 1.35. The number of benzene rings is 3. The number of fused-ring (bicyclic) bond motifs is 1. The van der Waals surface area contributed by atoms with Gasteiger partial charge in [0.15, 0.2) is 0 Å². The van der Waals surface area contributed by atoms with Crippen molar-refractivity contribution < 1.29 is 14.1 Å². The number of nitro groups is 1. The number of hydrogen-bond acceptors (Lipinski definition) is 4. The van der Waals surface area contributed by atoms with Gasteiger partial charge < -0.3 is 14.8 Å². The lowest BCUT2D eigenvalue weighted by atomic mass is 9.87. The van der Waals surface area contributed by atoms with Gasteiger partial charge in [-0.05, 0) is 47.4 Å². The van der Waals surface area contributed by atoms with Crippen LogP contribution >= 0.6 is 0 Å². The number of carbonyl (C=O) groups is 1. The second-order valence-corrected chi connectivity index (χ2v) is 9.39. The number of para-hydroxylation sites is 1. The summed E-state index contributed by atoms with van der Waals surface area (Å²) in [5.74, 6) is -0.573. The predicted octanol–water partition coefficient (Wildman–Crippen LogP) is 5.65. The third-order valence-electron chi connectivity index (χ3n) is 7.28. The Kier molecular flexibility index (Phi) is 6.90. The van der Waals surface area contributed by atoms with Gasteiger partial charge in [-0.3, -0.25) is 14.9 Å². The molecule has 37 heavy (non-hydrogen) atoms. The number of aromatic amines is 1. The van der Waals surface area contributed by atoms with Gasteiger partial charge in [-0.25, -0.2) is 4.39 Å². The molecule has 8 heteroatoms. The van der Waals surface area contributed by atoms with Crippen LogP contribution in [0.25, 0.3) is 10.9 Å². The van der Waals surface area contributed by atoms with E-state index >= 15 is 0 Å². The van der Waals surface area contributed by atoms with E-state index in [1.165, 1.54) is 29.8 Å². The molecule has 3 aromatic carbocycles. The molecule has 1 fully saturated rings. The normalized spacial score (nSPS) is 14.6. The first kappa shape index (κ1) is 24.5. The van der Waals surface area contributed by atoms with Gasteiger partial charge in [0.05, 0.1) is 4.92 Å². The summed E-state index contributed by atoms with van der Waals surface area (Å²) in [5.41, 5.74) is 5.00. The Bertz CT molecular complexity index is 1420. The van der Waals surface area contributed by atoms with E-state index in [9.17, 15) is 19.3 Å². The van der Waals surface area contributed by atoms with Crippen molar-refractivity contribution in [2.45, 2.75) is 25.7 Å². The third kappa shape index (κ3) is 5.05. The van der Waals surface area contributed by atoms with Crippen LogP contribution in [-0.4, -0.2) is 46.9 Å². The number of non-ortho nitro benzene ring substituents is 1. The Morgan fingerprint density at radius 1 is 1.05 bits per heavy atom. The molecule has 1 unspecified atom stereocenters. The second-order valence-electron chi connectivity index (χ2n) is 9.39. The lowest BCUT2D eigenvalue weighted by Gasteiger charge is -2.36. The molecule has 0 spiro atoms. The van der Waals surface area contributed by atoms with E-state index in [0.717, 1.165) is 34.1 Å². The number of aryl methyl sites for hydroxylation is 1. The summed E-state index contributed by atoms with van der Waals surface area (Å²) in [6, 6.07) is 19.2. The molecule has 0 bridgehead atoms. The van der Waals surface area contributed by atoms with Crippen molar-refractivity contribution in [1.82, 2.24) is 9.88 Å². The summed E-state index contributed by atoms with van der Waals surface area (Å²) in [7, 11) is 0. The van der Waals surface area contributed by atoms with Gasteiger partial charge in [0.25, 0.3) is 5.69 Å². The van der Waals surface area contributed by atoms with E-state index in [4.69, 9.17) is 0 Å². The standard InChI is InChI=1S/C29H29FN4O3/c1-2-20-5-4-8-25-27(19-31-29(20)25)26(21-6-3-7-22(30)17-21)18-28(35)33-15-13-32(14-16-33)23-9-11-24(12-10-23)34(36)37/h3-12,17,19,26,31H,2,13-16,18H2,1H3. The van der Waals surface area contributed by atoms with Gasteiger partial charge in [-0.15, -0.1) is 0 Å². The molecule has 1 atom stereocenters. The Morgan fingerprint density at radius 3 is 2.46 bits per heavy atom. The second kappa shape index (κ2) is 10.4. The van der Waals surface area contributed by atoms with Crippen LogP contribution in [0.2, 0.25) is 0 Å². The van der Waals surface area contributed by atoms with Gasteiger partial charge in [0.1, 0.15) is 5.82 Å². The summed E-state index contributed by atoms with van der Waals surface area (Å²) in [6.07, 6.45) is 3.09. The van der Waals surface area contributed by atoms with E-state index in [0.29, 0.717) is 26.2 Å². The minimum absolute atomic E-state index is 0.0265. The molecule has 1 aliphatic heterocycles. The summed E-state index contributed by atoms with van der Waals surface area (Å²) in [5, 5.41) is 12.0. The van der Waals surface area contributed by atoms with Crippen molar-refractivity contribution >= 4 is 28.2 Å². The van der Waals surface area contributed by atoms with E-state index in [2.05, 4.69) is 28.9 Å². The summed E-state index contributed by atoms with van der Waals surface area (Å²) in [6.45, 7) is 4.50. The zero-order valence-corrected chi connectivity index (χ0v) is 20.7. The van der Waals surface area contributed by atoms with Gasteiger partial charge >= 0.3 is 0 Å². The van der Waals surface area contributed by atoms with Gasteiger partial charge in [0, 0.05) is 73.4 Å². The minimum atomic E-state index is -0.411. The molecule has 4 aromatic rings. The maximum absolute atomic E-state index is 14.2. The predicted molar refractivity (Wildman–Crippen MR) is 142 cm³/mol. The molecule has 1 saturated heterocycles. The Morgan fingerprint density at radius 2 is 1.78 bits per heavy atom. The third-order valence-corrected chi connectivity index (χ3v) is 7.28. The highest BCUT2D eigenvalue weighted by Gasteiger charge is 2.27. The van der Waals surface area contributed by atoms with Crippen molar-refractivity contribution in [3.05, 3.63) is 106 Å². The highest BCUT2D eigenvalue weighted by Crippen LogP contribution is 2.35. The molecule has 7 nitrogen and oxygen atoms in total. The Hall–Kier alpha value is -4.20. The van der Waals surface area contributed by atoms with Crippen molar-refractivity contribution in [2.75, 3.05) is 31.1 Å². The van der Waals surface area contributed by atoms with Gasteiger partial charge in [-0.1, -0.05) is 37.3 Å². The van der Waals surface area contributed by atoms with Crippen molar-refractivity contribution in [3.8, 4) is 0 Å². The van der Waals surface area contributed by atoms with Crippen LogP contribution in [0.3, 0.4) is 0 Å². The lowest BCUT2D eigenvalue weighted by molar-refractivity contribution is -0.384. The average Bonchev–Trinajstić information content (AvgIpc) is 3.36. The number of nitro benzene ring substituents is 1. The molecule has 2 heterocycles. The first-order chi connectivity index (χ1) is 17.9. The number of hydrogen-bond donors (Lipinski definition) is 1. The molecule has 1 amide bonds. The first-order valence-electron chi connectivity index (χ1n) is 12.6. The number of aromatic nitrogens is 1. The monoisotopic (exact) mass is 500 g/mol. The highest BCUT2D eigenvalue weighted by molar-refractivity contribution is 5.88. The topological polar surface area (TPSA) is 82.5 Å². The van der Waals surface area contributed by atoms with Crippen LogP contribution in [0, 0.1) is 15.9 Å². The van der Waals surface area contributed by atoms with E-state index in [-0.39, 0.29) is 29.8 Å². The molecule has 1 aromatic heterocycles. The molecule has 190 valence electrons. The number of nitrogens with one attached hydrogen (secondary N) is 1. The number of piperazine rings is 1. The molecule has 1 aliphatic rings. The molecular weight excluding hydrogens is 471 g/mol. The smallest absolute Gasteiger partial charge is 0.269 e. The lowest BCUT2D eigenvalue weighted by Crippen LogP contribution is -2.49. The summed E-state index contributed by atoms with van der Waals surface area (Å²) < 4.78 is 14.2. The molecule has 0 saturated carbocycles. The van der Waals surface area contributed by atoms with Crippen LogP contribution in [0.1, 0.15) is 36.0 Å². The summed E-state index contributed by atoms with van der Waals surface area (Å²) in [4.78, 5) is 31.4. The maximum Gasteiger partial charge on any atom is 0.269 e. The SMILES string of the molecule is CCc1cccc2c(C(CC(=O)N3CCN(c4ccc([N+](=O)[O-])cc4)CC3)c3cccc(F)c3)c[nH]c12. The summed E-state index contributed by atoms with van der Waals surface area (Å²) >= 11 is 0. The van der Waals surface area contributed by atoms with Crippen LogP contribution in [0.5, 0.6) is 0 Å². The average molecular weight is 501 g/mol. The van der Waals surface area contributed by atoms with Crippen molar-refractivity contribution in [2.24, 2.45) is 0 Å². The van der Waals surface area contributed by atoms with Crippen molar-refractivity contribution in [3.63, 3.8) is 0 Å². The van der Waals surface area contributed by atoms with Crippen LogP contribution in [-0.2, 0) is 11.2 Å². The van der Waals surface area contributed by atoms with Gasteiger partial charge in [-0.2, -0.15) is 0 Å². The molecule has 0 aliphatic carbocycles. The zero-order chi connectivity index (χ0) is 25.9. The zero-order valence-electron chi connectivity index (χ0n) is 20.7. The largest absolute Gasteiger partial charge is 0.368 e. The fourth-order valence-corrected chi connectivity index (χ4v) is 5.26. The first-order valence-corrected chi connectivity index (χ1v) is 12.6. The van der Waals surface area contributed by atoms with Crippen LogP contribution in [0.4, 0.5) is 15.8 Å². The quantitative estimate of drug-likeness (QED) is 0.263. The van der Waals surface area contributed by atoms with Gasteiger partial charge in [0.2, 0.25) is 5.91 Å². The van der Waals surface area contributed by atoms with E-state index in [1.807, 2.05) is 23.2 Å². The molecule has 0 radical (unpaired) electrons. The molecule has 1 N–H and O–H groups in total. The van der Waals surface area contributed by atoms with Crippen molar-refractivity contribution in [1.29, 1.82) is 0 Å². The molecular formula is C29H29FN4O3. The number of carbonyl (C=O) groups excluding carboxylic acids is 1. The number of H-pyrrole nitrogens is 1. The van der Waals surface area contributed by atoms with E-state index in [1.54, 1.807) is 18.2 Å². The maximum atomic E-state index is 14.2. The molecule has 5 rings (SSSR count). The van der Waals surface area contributed by atoms with E-state index < -0.39 is 4.92 Å². The van der Waals surface area contributed by atoms with Crippen LogP contribution < -0.4 is 4.90 Å². The number of amides is 1. The number of anilines is 1. The number of halogens is 1. The minimum Gasteiger partial charge on any atom is -0.368 e. The fourth-order valence-electron chi connectivity index (χ4n) is 5.26. The van der Waals surface area contributed by atoms with Crippen LogP contribution in [0.15, 0.2) is 72.9 Å². The fraction of sp³-hybridized carbons (Fsp3) is 0.276.